The summed E-state index contributed by atoms with van der Waals surface area (Å²) < 4.78 is 5.04. The molecule has 0 heterocycles. The third kappa shape index (κ3) is 5.72. The molecular formula is C14H21NO4. The molecule has 0 spiro atoms. The van der Waals surface area contributed by atoms with Crippen LogP contribution < -0.4 is 5.48 Å². The Morgan fingerprint density at radius 1 is 1.42 bits per heavy atom. The summed E-state index contributed by atoms with van der Waals surface area (Å²) in [6.45, 7) is 6.99. The first-order chi connectivity index (χ1) is 8.81. The third-order valence-corrected chi connectivity index (χ3v) is 2.26. The zero-order valence-electron chi connectivity index (χ0n) is 11.8. The molecule has 1 atom stereocenters. The molecule has 0 aliphatic carbocycles. The second-order valence-corrected chi connectivity index (χ2v) is 5.31. The molecule has 1 aromatic carbocycles. The largest absolute Gasteiger partial charge is 0.442 e. The fourth-order valence-corrected chi connectivity index (χ4v) is 1.50. The van der Waals surface area contributed by atoms with Crippen LogP contribution in [0.3, 0.4) is 0 Å². The highest BCUT2D eigenvalue weighted by Crippen LogP contribution is 2.17. The molecule has 5 nitrogen and oxygen atoms in total. The lowest BCUT2D eigenvalue weighted by molar-refractivity contribution is -0.0610. The molecule has 2 N–H and O–H groups in total. The minimum Gasteiger partial charge on any atom is -0.442 e. The van der Waals surface area contributed by atoms with E-state index in [1.807, 2.05) is 31.2 Å². The molecule has 106 valence electrons. The van der Waals surface area contributed by atoms with Crippen LogP contribution in [-0.2, 0) is 9.57 Å². The van der Waals surface area contributed by atoms with E-state index in [0.717, 1.165) is 11.1 Å². The van der Waals surface area contributed by atoms with E-state index in [1.165, 1.54) is 0 Å². The first-order valence-corrected chi connectivity index (χ1v) is 6.14. The number of aliphatic hydroxyl groups excluding tert-OH is 1. The number of ether oxygens (including phenoxy) is 1. The average molecular weight is 267 g/mol. The lowest BCUT2D eigenvalue weighted by Gasteiger charge is -2.21. The number of amides is 1. The number of carbonyl (C=O) groups is 1. The number of hydroxylamine groups is 1. The zero-order chi connectivity index (χ0) is 14.5. The lowest BCUT2D eigenvalue weighted by Crippen LogP contribution is -2.34. The number of aryl methyl sites for hydroxylation is 1. The van der Waals surface area contributed by atoms with E-state index in [1.54, 1.807) is 20.8 Å². The number of hydrogen-bond acceptors (Lipinski definition) is 4. The molecular weight excluding hydrogens is 246 g/mol. The normalized spacial score (nSPS) is 12.9. The molecule has 0 aromatic heterocycles. The van der Waals surface area contributed by atoms with E-state index in [0.29, 0.717) is 0 Å². The Morgan fingerprint density at radius 3 is 2.63 bits per heavy atom. The van der Waals surface area contributed by atoms with E-state index in [2.05, 4.69) is 5.48 Å². The summed E-state index contributed by atoms with van der Waals surface area (Å²) in [4.78, 5) is 16.6. The highest BCUT2D eigenvalue weighted by Gasteiger charge is 2.18. The maximum absolute atomic E-state index is 11.4. The number of rotatable bonds is 4. The third-order valence-electron chi connectivity index (χ3n) is 2.26. The van der Waals surface area contributed by atoms with Crippen LogP contribution in [0.25, 0.3) is 0 Å². The van der Waals surface area contributed by atoms with E-state index in [9.17, 15) is 9.90 Å². The Kier molecular flexibility index (Phi) is 5.32. The van der Waals surface area contributed by atoms with Crippen molar-refractivity contribution in [1.29, 1.82) is 0 Å². The molecule has 0 aliphatic rings. The molecule has 0 fully saturated rings. The van der Waals surface area contributed by atoms with Crippen molar-refractivity contribution in [2.45, 2.75) is 39.4 Å². The summed E-state index contributed by atoms with van der Waals surface area (Å²) in [5.41, 5.74) is 3.44. The number of benzene rings is 1. The number of nitrogens with one attached hydrogen (secondary N) is 1. The van der Waals surface area contributed by atoms with Gasteiger partial charge in [-0.2, -0.15) is 5.48 Å². The average Bonchev–Trinajstić information content (AvgIpc) is 2.27. The van der Waals surface area contributed by atoms with Crippen LogP contribution in [0.2, 0.25) is 0 Å². The molecule has 1 aromatic rings. The van der Waals surface area contributed by atoms with Gasteiger partial charge in [0.15, 0.2) is 0 Å². The van der Waals surface area contributed by atoms with Crippen molar-refractivity contribution in [2.24, 2.45) is 0 Å². The van der Waals surface area contributed by atoms with Gasteiger partial charge in [0, 0.05) is 0 Å². The van der Waals surface area contributed by atoms with Crippen molar-refractivity contribution in [3.05, 3.63) is 35.4 Å². The van der Waals surface area contributed by atoms with Crippen molar-refractivity contribution >= 4 is 6.09 Å². The van der Waals surface area contributed by atoms with Crippen molar-refractivity contribution in [3.8, 4) is 0 Å². The quantitative estimate of drug-likeness (QED) is 0.822. The number of carbonyl (C=O) groups excluding carboxylic acids is 1. The van der Waals surface area contributed by atoms with Gasteiger partial charge in [0.25, 0.3) is 0 Å². The van der Waals surface area contributed by atoms with E-state index in [-0.39, 0.29) is 6.61 Å². The fraction of sp³-hybridized carbons (Fsp3) is 0.500. The predicted octanol–water partition coefficient (Wildman–Crippen LogP) is 2.48. The van der Waals surface area contributed by atoms with Crippen molar-refractivity contribution in [3.63, 3.8) is 0 Å². The standard InChI is InChI=1S/C14H21NO4/c1-10-6-5-7-11(8-10)12(9-16)19-15-13(17)18-14(2,3)4/h5-8,12,16H,9H2,1-4H3,(H,15,17). The van der Waals surface area contributed by atoms with Gasteiger partial charge in [-0.25, -0.2) is 4.79 Å². The first-order valence-electron chi connectivity index (χ1n) is 6.14. The van der Waals surface area contributed by atoms with Gasteiger partial charge >= 0.3 is 6.09 Å². The molecule has 1 rings (SSSR count). The lowest BCUT2D eigenvalue weighted by atomic mass is 10.1. The van der Waals surface area contributed by atoms with Gasteiger partial charge in [0.2, 0.25) is 0 Å². The van der Waals surface area contributed by atoms with Gasteiger partial charge in [0.1, 0.15) is 11.7 Å². The van der Waals surface area contributed by atoms with Gasteiger partial charge in [0.05, 0.1) is 6.61 Å². The molecule has 0 bridgehead atoms. The van der Waals surface area contributed by atoms with Gasteiger partial charge in [-0.15, -0.1) is 0 Å². The van der Waals surface area contributed by atoms with Crippen LogP contribution >= 0.6 is 0 Å². The van der Waals surface area contributed by atoms with Gasteiger partial charge in [-0.3, -0.25) is 4.84 Å². The van der Waals surface area contributed by atoms with E-state index >= 15 is 0 Å². The summed E-state index contributed by atoms with van der Waals surface area (Å²) in [5, 5.41) is 9.30. The first kappa shape index (κ1) is 15.5. The molecule has 19 heavy (non-hydrogen) atoms. The van der Waals surface area contributed by atoms with Crippen LogP contribution in [0.4, 0.5) is 4.79 Å². The summed E-state index contributed by atoms with van der Waals surface area (Å²) >= 11 is 0. The Hall–Kier alpha value is -1.59. The maximum Gasteiger partial charge on any atom is 0.431 e. The summed E-state index contributed by atoms with van der Waals surface area (Å²) in [5.74, 6) is 0. The number of aliphatic hydroxyl groups is 1. The van der Waals surface area contributed by atoms with Crippen LogP contribution in [0.1, 0.15) is 38.0 Å². The highest BCUT2D eigenvalue weighted by molar-refractivity contribution is 5.66. The zero-order valence-corrected chi connectivity index (χ0v) is 11.8. The minimum absolute atomic E-state index is 0.237. The van der Waals surface area contributed by atoms with Crippen LogP contribution in [0.5, 0.6) is 0 Å². The van der Waals surface area contributed by atoms with Crippen LogP contribution in [0.15, 0.2) is 24.3 Å². The monoisotopic (exact) mass is 267 g/mol. The van der Waals surface area contributed by atoms with Gasteiger partial charge < -0.3 is 9.84 Å². The van der Waals surface area contributed by atoms with E-state index < -0.39 is 17.8 Å². The van der Waals surface area contributed by atoms with Crippen molar-refractivity contribution < 1.29 is 19.5 Å². The molecule has 0 saturated carbocycles. The smallest absolute Gasteiger partial charge is 0.431 e. The highest BCUT2D eigenvalue weighted by atomic mass is 16.7. The maximum atomic E-state index is 11.4. The summed E-state index contributed by atoms with van der Waals surface area (Å²) in [7, 11) is 0. The van der Waals surface area contributed by atoms with Crippen LogP contribution in [-0.4, -0.2) is 23.4 Å². The molecule has 0 aliphatic heterocycles. The molecule has 0 radical (unpaired) electrons. The van der Waals surface area contributed by atoms with Crippen molar-refractivity contribution in [1.82, 2.24) is 5.48 Å². The second-order valence-electron chi connectivity index (χ2n) is 5.31. The predicted molar refractivity (Wildman–Crippen MR) is 71.5 cm³/mol. The Bertz CT molecular complexity index is 426. The molecule has 1 amide bonds. The molecule has 0 saturated heterocycles. The van der Waals surface area contributed by atoms with E-state index in [4.69, 9.17) is 9.57 Å². The Balaban J connectivity index is 2.56. The summed E-state index contributed by atoms with van der Waals surface area (Å²) in [6.07, 6.45) is -1.30. The minimum atomic E-state index is -0.682. The Labute approximate surface area is 113 Å². The Morgan fingerprint density at radius 2 is 2.11 bits per heavy atom. The number of hydrogen-bond donors (Lipinski definition) is 2. The van der Waals surface area contributed by atoms with Gasteiger partial charge in [-0.05, 0) is 33.3 Å². The fourth-order valence-electron chi connectivity index (χ4n) is 1.50. The summed E-state index contributed by atoms with van der Waals surface area (Å²) in [6, 6.07) is 7.52. The van der Waals surface area contributed by atoms with Gasteiger partial charge in [-0.1, -0.05) is 29.8 Å². The van der Waals surface area contributed by atoms with Crippen LogP contribution in [0, 0.1) is 6.92 Å². The SMILES string of the molecule is Cc1cccc(C(CO)ONC(=O)OC(C)(C)C)c1. The second kappa shape index (κ2) is 6.54. The molecule has 5 heteroatoms. The topological polar surface area (TPSA) is 67.8 Å². The van der Waals surface area contributed by atoms with Crippen molar-refractivity contribution in [2.75, 3.05) is 6.61 Å². The molecule has 1 unspecified atom stereocenters.